The van der Waals surface area contributed by atoms with Crippen LogP contribution in [0.3, 0.4) is 0 Å². The number of rotatable bonds is 7. The first-order valence-corrected chi connectivity index (χ1v) is 6.64. The number of esters is 1. The van der Waals surface area contributed by atoms with E-state index in [2.05, 4.69) is 10.5 Å². The first-order chi connectivity index (χ1) is 11.1. The summed E-state index contributed by atoms with van der Waals surface area (Å²) in [4.78, 5) is 33.9. The Morgan fingerprint density at radius 3 is 2.78 bits per heavy atom. The summed E-state index contributed by atoms with van der Waals surface area (Å²) in [7, 11) is 0. The van der Waals surface area contributed by atoms with Gasteiger partial charge in [0.1, 0.15) is 11.5 Å². The zero-order chi connectivity index (χ0) is 16.7. The van der Waals surface area contributed by atoms with Crippen LogP contribution in [-0.2, 0) is 14.3 Å². The Hall–Kier alpha value is -3.16. The number of aromatic nitrogens is 1. The van der Waals surface area contributed by atoms with Gasteiger partial charge in [0.05, 0.1) is 5.56 Å². The second-order valence-corrected chi connectivity index (χ2v) is 4.48. The third-order valence-electron chi connectivity index (χ3n) is 2.65. The molecule has 0 aliphatic rings. The molecule has 8 heteroatoms. The van der Waals surface area contributed by atoms with Crippen LogP contribution < -0.4 is 10.1 Å². The standard InChI is InChI=1S/C15H14N2O6/c1-10-6-13(17-23-10)16-14(19)8-22-15(20)9-21-12-5-3-2-4-11(12)7-18/h2-7H,8-9H2,1H3,(H,16,17,19). The van der Waals surface area contributed by atoms with Gasteiger partial charge in [0.25, 0.3) is 5.91 Å². The first kappa shape index (κ1) is 16.2. The number of carbonyl (C=O) groups is 3. The molecule has 0 saturated carbocycles. The molecule has 120 valence electrons. The quantitative estimate of drug-likeness (QED) is 0.606. The fourth-order valence-corrected chi connectivity index (χ4v) is 1.64. The largest absolute Gasteiger partial charge is 0.481 e. The Kier molecular flexibility index (Phi) is 5.45. The van der Waals surface area contributed by atoms with Crippen LogP contribution in [0.15, 0.2) is 34.9 Å². The maximum Gasteiger partial charge on any atom is 0.344 e. The van der Waals surface area contributed by atoms with Crippen molar-refractivity contribution in [2.24, 2.45) is 0 Å². The molecule has 0 unspecified atom stereocenters. The highest BCUT2D eigenvalue weighted by Crippen LogP contribution is 2.15. The molecule has 2 rings (SSSR count). The number of benzene rings is 1. The number of carbonyl (C=O) groups excluding carboxylic acids is 3. The van der Waals surface area contributed by atoms with Crippen LogP contribution in [0.2, 0.25) is 0 Å². The van der Waals surface area contributed by atoms with E-state index in [9.17, 15) is 14.4 Å². The monoisotopic (exact) mass is 318 g/mol. The van der Waals surface area contributed by atoms with Crippen LogP contribution in [0.1, 0.15) is 16.1 Å². The summed E-state index contributed by atoms with van der Waals surface area (Å²) in [5.74, 6) is -0.252. The highest BCUT2D eigenvalue weighted by molar-refractivity contribution is 5.92. The second kappa shape index (κ2) is 7.74. The van der Waals surface area contributed by atoms with Gasteiger partial charge in [-0.1, -0.05) is 17.3 Å². The minimum Gasteiger partial charge on any atom is -0.481 e. The molecule has 1 aromatic heterocycles. The number of hydrogen-bond donors (Lipinski definition) is 1. The van der Waals surface area contributed by atoms with Crippen molar-refractivity contribution in [2.75, 3.05) is 18.5 Å². The Morgan fingerprint density at radius 2 is 2.09 bits per heavy atom. The van der Waals surface area contributed by atoms with Crippen molar-refractivity contribution < 1.29 is 28.4 Å². The number of nitrogens with one attached hydrogen (secondary N) is 1. The Bertz CT molecular complexity index is 709. The molecule has 0 fully saturated rings. The zero-order valence-electron chi connectivity index (χ0n) is 12.3. The van der Waals surface area contributed by atoms with Gasteiger partial charge >= 0.3 is 5.97 Å². The molecule has 0 saturated heterocycles. The Balaban J connectivity index is 1.74. The summed E-state index contributed by atoms with van der Waals surface area (Å²) >= 11 is 0. The average Bonchev–Trinajstić information content (AvgIpc) is 2.96. The summed E-state index contributed by atoms with van der Waals surface area (Å²) in [6.45, 7) is 0.780. The molecule has 8 nitrogen and oxygen atoms in total. The van der Waals surface area contributed by atoms with Gasteiger partial charge in [-0.2, -0.15) is 0 Å². The minimum atomic E-state index is -0.739. The minimum absolute atomic E-state index is 0.236. The van der Waals surface area contributed by atoms with Crippen molar-refractivity contribution in [1.29, 1.82) is 0 Å². The summed E-state index contributed by atoms with van der Waals surface area (Å²) in [6.07, 6.45) is 0.619. The van der Waals surface area contributed by atoms with Crippen LogP contribution in [0.5, 0.6) is 5.75 Å². The molecule has 1 amide bonds. The number of aryl methyl sites for hydroxylation is 1. The molecule has 0 radical (unpaired) electrons. The lowest BCUT2D eigenvalue weighted by Crippen LogP contribution is -2.23. The van der Waals surface area contributed by atoms with Crippen LogP contribution in [0, 0.1) is 6.92 Å². The van der Waals surface area contributed by atoms with E-state index in [1.54, 1.807) is 31.2 Å². The molecule has 0 atom stereocenters. The number of hydrogen-bond acceptors (Lipinski definition) is 7. The predicted molar refractivity (Wildman–Crippen MR) is 78.2 cm³/mol. The molecular formula is C15H14N2O6. The van der Waals surface area contributed by atoms with Crippen molar-refractivity contribution in [1.82, 2.24) is 5.16 Å². The van der Waals surface area contributed by atoms with E-state index in [0.29, 0.717) is 17.6 Å². The number of para-hydroxylation sites is 1. The third-order valence-corrected chi connectivity index (χ3v) is 2.65. The number of ether oxygens (including phenoxy) is 2. The van der Waals surface area contributed by atoms with Gasteiger partial charge in [0.2, 0.25) is 0 Å². The summed E-state index contributed by atoms with van der Waals surface area (Å²) in [5.41, 5.74) is 0.319. The average molecular weight is 318 g/mol. The van der Waals surface area contributed by atoms with Gasteiger partial charge in [0, 0.05) is 6.07 Å². The third kappa shape index (κ3) is 4.95. The van der Waals surface area contributed by atoms with E-state index < -0.39 is 25.1 Å². The van der Waals surface area contributed by atoms with Crippen LogP contribution >= 0.6 is 0 Å². The van der Waals surface area contributed by atoms with Crippen molar-refractivity contribution in [3.63, 3.8) is 0 Å². The zero-order valence-corrected chi connectivity index (χ0v) is 12.3. The molecule has 0 spiro atoms. The molecule has 0 aliphatic carbocycles. The lowest BCUT2D eigenvalue weighted by molar-refractivity contribution is -0.149. The maximum atomic E-state index is 11.5. The normalized spacial score (nSPS) is 9.96. The van der Waals surface area contributed by atoms with Crippen LogP contribution in [0.25, 0.3) is 0 Å². The van der Waals surface area contributed by atoms with Crippen molar-refractivity contribution in [2.45, 2.75) is 6.92 Å². The smallest absolute Gasteiger partial charge is 0.344 e. The number of anilines is 1. The number of nitrogens with zero attached hydrogens (tertiary/aromatic N) is 1. The lowest BCUT2D eigenvalue weighted by atomic mass is 10.2. The van der Waals surface area contributed by atoms with Crippen LogP contribution in [0.4, 0.5) is 5.82 Å². The molecule has 0 bridgehead atoms. The maximum absolute atomic E-state index is 11.5. The molecule has 0 aliphatic heterocycles. The summed E-state index contributed by atoms with van der Waals surface area (Å²) in [5, 5.41) is 5.97. The lowest BCUT2D eigenvalue weighted by Gasteiger charge is -2.08. The molecule has 23 heavy (non-hydrogen) atoms. The van der Waals surface area contributed by atoms with Gasteiger partial charge in [-0.3, -0.25) is 9.59 Å². The molecule has 1 N–H and O–H groups in total. The molecule has 2 aromatic rings. The highest BCUT2D eigenvalue weighted by Gasteiger charge is 2.11. The fraction of sp³-hybridized carbons (Fsp3) is 0.200. The van der Waals surface area contributed by atoms with E-state index in [1.165, 1.54) is 6.07 Å². The van der Waals surface area contributed by atoms with E-state index in [4.69, 9.17) is 14.0 Å². The van der Waals surface area contributed by atoms with E-state index >= 15 is 0 Å². The van der Waals surface area contributed by atoms with Crippen LogP contribution in [-0.4, -0.2) is 36.5 Å². The summed E-state index contributed by atoms with van der Waals surface area (Å²) < 4.78 is 14.7. The second-order valence-electron chi connectivity index (χ2n) is 4.48. The van der Waals surface area contributed by atoms with Gasteiger partial charge in [-0.25, -0.2) is 4.79 Å². The number of aldehydes is 1. The predicted octanol–water partition coefficient (Wildman–Crippen LogP) is 1.36. The topological polar surface area (TPSA) is 108 Å². The Morgan fingerprint density at radius 1 is 1.30 bits per heavy atom. The van der Waals surface area contributed by atoms with Crippen molar-refractivity contribution >= 4 is 24.0 Å². The SMILES string of the molecule is Cc1cc(NC(=O)COC(=O)COc2ccccc2C=O)no1. The van der Waals surface area contributed by atoms with Gasteiger partial charge in [-0.15, -0.1) is 0 Å². The highest BCUT2D eigenvalue weighted by atomic mass is 16.6. The fourth-order valence-electron chi connectivity index (χ4n) is 1.64. The Labute approximate surface area is 131 Å². The van der Waals surface area contributed by atoms with Crippen molar-refractivity contribution in [3.8, 4) is 5.75 Å². The van der Waals surface area contributed by atoms with Crippen molar-refractivity contribution in [3.05, 3.63) is 41.7 Å². The van der Waals surface area contributed by atoms with Gasteiger partial charge < -0.3 is 19.3 Å². The van der Waals surface area contributed by atoms with E-state index in [-0.39, 0.29) is 11.6 Å². The first-order valence-electron chi connectivity index (χ1n) is 6.64. The number of amides is 1. The molecule has 1 aromatic carbocycles. The molecule has 1 heterocycles. The van der Waals surface area contributed by atoms with Gasteiger partial charge in [0.15, 0.2) is 25.3 Å². The molecular weight excluding hydrogens is 304 g/mol. The van der Waals surface area contributed by atoms with E-state index in [0.717, 1.165) is 0 Å². The summed E-state index contributed by atoms with van der Waals surface area (Å²) in [6, 6.07) is 7.97. The van der Waals surface area contributed by atoms with E-state index in [1.807, 2.05) is 0 Å². The van der Waals surface area contributed by atoms with Gasteiger partial charge in [-0.05, 0) is 19.1 Å².